The van der Waals surface area contributed by atoms with E-state index in [9.17, 15) is 9.18 Å². The molecule has 1 atom stereocenters. The second-order valence-corrected chi connectivity index (χ2v) is 8.18. The highest BCUT2D eigenvalue weighted by molar-refractivity contribution is 7.99. The van der Waals surface area contributed by atoms with Gasteiger partial charge in [0.25, 0.3) is 0 Å². The number of amides is 1. The molecule has 0 saturated carbocycles. The number of halogens is 1. The molecule has 1 amide bonds. The third-order valence-electron chi connectivity index (χ3n) is 4.07. The minimum atomic E-state index is -0.210. The minimum Gasteiger partial charge on any atom is -0.335 e. The average molecular weight is 349 g/mol. The van der Waals surface area contributed by atoms with Crippen LogP contribution in [0.4, 0.5) is 4.39 Å². The molecule has 0 bridgehead atoms. The molecule has 1 unspecified atom stereocenters. The molecule has 1 aliphatic heterocycles. The smallest absolute Gasteiger partial charge is 0.223 e. The largest absolute Gasteiger partial charge is 0.335 e. The quantitative estimate of drug-likeness (QED) is 0.705. The van der Waals surface area contributed by atoms with Crippen molar-refractivity contribution in [1.29, 1.82) is 0 Å². The van der Waals surface area contributed by atoms with Crippen molar-refractivity contribution in [3.8, 4) is 0 Å². The zero-order chi connectivity index (χ0) is 16.2. The molecule has 2 nitrogen and oxygen atoms in total. The van der Waals surface area contributed by atoms with Crippen molar-refractivity contribution in [2.45, 2.75) is 37.1 Å². The first-order valence-corrected chi connectivity index (χ1v) is 9.68. The van der Waals surface area contributed by atoms with Gasteiger partial charge in [0, 0.05) is 33.4 Å². The lowest BCUT2D eigenvalue weighted by Gasteiger charge is -2.24. The Kier molecular flexibility index (Phi) is 5.38. The monoisotopic (exact) mass is 349 g/mol. The van der Waals surface area contributed by atoms with E-state index in [1.54, 1.807) is 23.5 Å². The Morgan fingerprint density at radius 3 is 2.91 bits per heavy atom. The molecule has 5 heteroatoms. The lowest BCUT2D eigenvalue weighted by molar-refractivity contribution is -0.131. The number of thioether (sulfide) groups is 1. The number of hydrogen-bond acceptors (Lipinski definition) is 3. The molecule has 2 aromatic rings. The van der Waals surface area contributed by atoms with E-state index in [1.807, 2.05) is 11.0 Å². The van der Waals surface area contributed by atoms with Gasteiger partial charge in [-0.25, -0.2) is 4.39 Å². The summed E-state index contributed by atoms with van der Waals surface area (Å²) in [5, 5.41) is 0. The zero-order valence-electron chi connectivity index (χ0n) is 13.1. The number of carbonyl (C=O) groups is 1. The van der Waals surface area contributed by atoms with E-state index >= 15 is 0 Å². The number of aryl methyl sites for hydroxylation is 1. The van der Waals surface area contributed by atoms with Gasteiger partial charge in [-0.3, -0.25) is 4.79 Å². The summed E-state index contributed by atoms with van der Waals surface area (Å²) < 4.78 is 13.6. The van der Waals surface area contributed by atoms with Crippen LogP contribution < -0.4 is 0 Å². The fraction of sp³-hybridized carbons (Fsp3) is 0.389. The summed E-state index contributed by atoms with van der Waals surface area (Å²) in [6, 6.07) is 11.2. The van der Waals surface area contributed by atoms with E-state index in [0.717, 1.165) is 19.4 Å². The Bertz CT molecular complexity index is 685. The summed E-state index contributed by atoms with van der Waals surface area (Å²) in [5.74, 6) is 0.590. The highest BCUT2D eigenvalue weighted by atomic mass is 32.2. The van der Waals surface area contributed by atoms with Crippen LogP contribution in [0.15, 0.2) is 41.3 Å². The predicted octanol–water partition coefficient (Wildman–Crippen LogP) is 5.04. The second kappa shape index (κ2) is 7.49. The fourth-order valence-corrected chi connectivity index (χ4v) is 4.85. The molecule has 0 radical (unpaired) electrons. The van der Waals surface area contributed by atoms with Crippen LogP contribution in [0.1, 0.15) is 35.1 Å². The summed E-state index contributed by atoms with van der Waals surface area (Å²) in [6.45, 7) is 2.94. The molecule has 2 heterocycles. The molecular weight excluding hydrogens is 329 g/mol. The third-order valence-corrected chi connectivity index (χ3v) is 6.23. The van der Waals surface area contributed by atoms with E-state index in [2.05, 4.69) is 19.1 Å². The molecule has 3 rings (SSSR count). The average Bonchev–Trinajstić information content (AvgIpc) is 3.17. The molecule has 1 aliphatic rings. The first-order chi connectivity index (χ1) is 11.1. The number of hydrogen-bond donors (Lipinski definition) is 0. The number of rotatable bonds is 5. The molecule has 0 spiro atoms. The van der Waals surface area contributed by atoms with Crippen molar-refractivity contribution in [3.63, 3.8) is 0 Å². The molecule has 0 N–H and O–H groups in total. The van der Waals surface area contributed by atoms with Crippen LogP contribution in [-0.2, 0) is 4.79 Å². The number of thiophene rings is 1. The van der Waals surface area contributed by atoms with Gasteiger partial charge in [-0.15, -0.1) is 23.1 Å². The maximum Gasteiger partial charge on any atom is 0.223 e. The second-order valence-electron chi connectivity index (χ2n) is 5.72. The molecule has 1 aromatic heterocycles. The summed E-state index contributed by atoms with van der Waals surface area (Å²) in [5.41, 5.74) is 0. The lowest BCUT2D eigenvalue weighted by Crippen LogP contribution is -2.30. The van der Waals surface area contributed by atoms with Crippen molar-refractivity contribution in [3.05, 3.63) is 52.0 Å². The van der Waals surface area contributed by atoms with Crippen LogP contribution in [0.2, 0.25) is 0 Å². The van der Waals surface area contributed by atoms with Crippen molar-refractivity contribution in [2.75, 3.05) is 12.3 Å². The van der Waals surface area contributed by atoms with E-state index in [0.29, 0.717) is 17.1 Å². The number of carbonyl (C=O) groups excluding carboxylic acids is 1. The minimum absolute atomic E-state index is 0.183. The first kappa shape index (κ1) is 16.5. The Balaban J connectivity index is 1.56. The lowest BCUT2D eigenvalue weighted by atomic mass is 10.2. The van der Waals surface area contributed by atoms with Crippen molar-refractivity contribution in [1.82, 2.24) is 4.90 Å². The van der Waals surface area contributed by atoms with Crippen LogP contribution in [0.25, 0.3) is 0 Å². The third kappa shape index (κ3) is 3.96. The topological polar surface area (TPSA) is 20.3 Å². The number of likely N-dealkylation sites (tertiary alicyclic amines) is 1. The van der Waals surface area contributed by atoms with Crippen LogP contribution in [0, 0.1) is 12.7 Å². The van der Waals surface area contributed by atoms with Crippen LogP contribution in [0.3, 0.4) is 0 Å². The number of nitrogens with zero attached hydrogens (tertiary/aromatic N) is 1. The highest BCUT2D eigenvalue weighted by Gasteiger charge is 2.30. The van der Waals surface area contributed by atoms with Gasteiger partial charge >= 0.3 is 0 Å². The summed E-state index contributed by atoms with van der Waals surface area (Å²) in [6.07, 6.45) is 2.57. The van der Waals surface area contributed by atoms with Gasteiger partial charge in [0.05, 0.1) is 6.04 Å². The molecule has 1 saturated heterocycles. The van der Waals surface area contributed by atoms with Crippen LogP contribution >= 0.6 is 23.1 Å². The zero-order valence-corrected chi connectivity index (χ0v) is 14.8. The van der Waals surface area contributed by atoms with Gasteiger partial charge in [-0.05, 0) is 44.0 Å². The molecular formula is C18H20FNOS2. The predicted molar refractivity (Wildman–Crippen MR) is 94.5 cm³/mol. The van der Waals surface area contributed by atoms with Crippen molar-refractivity contribution in [2.24, 2.45) is 0 Å². The van der Waals surface area contributed by atoms with Crippen LogP contribution in [0.5, 0.6) is 0 Å². The van der Waals surface area contributed by atoms with Gasteiger partial charge in [0.2, 0.25) is 5.91 Å². The van der Waals surface area contributed by atoms with Gasteiger partial charge in [0.15, 0.2) is 0 Å². The summed E-state index contributed by atoms with van der Waals surface area (Å²) in [4.78, 5) is 17.7. The molecule has 0 aliphatic carbocycles. The van der Waals surface area contributed by atoms with Gasteiger partial charge in [-0.2, -0.15) is 0 Å². The summed E-state index contributed by atoms with van der Waals surface area (Å²) >= 11 is 3.20. The fourth-order valence-electron chi connectivity index (χ4n) is 2.95. The van der Waals surface area contributed by atoms with E-state index in [4.69, 9.17) is 0 Å². The van der Waals surface area contributed by atoms with E-state index in [-0.39, 0.29) is 17.8 Å². The molecule has 23 heavy (non-hydrogen) atoms. The van der Waals surface area contributed by atoms with Crippen LogP contribution in [-0.4, -0.2) is 23.1 Å². The molecule has 1 aromatic carbocycles. The van der Waals surface area contributed by atoms with E-state index < -0.39 is 0 Å². The maximum absolute atomic E-state index is 13.6. The maximum atomic E-state index is 13.6. The van der Waals surface area contributed by atoms with E-state index in [1.165, 1.54) is 27.6 Å². The Hall–Kier alpha value is -1.33. The van der Waals surface area contributed by atoms with Gasteiger partial charge in [-0.1, -0.05) is 12.1 Å². The Morgan fingerprint density at radius 2 is 2.17 bits per heavy atom. The Labute approximate surface area is 144 Å². The Morgan fingerprint density at radius 1 is 1.35 bits per heavy atom. The van der Waals surface area contributed by atoms with Crippen molar-refractivity contribution < 1.29 is 9.18 Å². The number of benzene rings is 1. The van der Waals surface area contributed by atoms with Crippen molar-refractivity contribution >= 4 is 29.0 Å². The normalized spacial score (nSPS) is 17.7. The highest BCUT2D eigenvalue weighted by Crippen LogP contribution is 2.36. The standard InChI is InChI=1S/C18H20FNOS2/c1-13-8-9-17(23-13)15-6-4-11-20(15)18(21)10-12-22-16-7-3-2-5-14(16)19/h2-3,5,7-9,15H,4,6,10-12H2,1H3. The molecule has 1 fully saturated rings. The SMILES string of the molecule is Cc1ccc(C2CCCN2C(=O)CCSc2ccccc2F)s1. The summed E-state index contributed by atoms with van der Waals surface area (Å²) in [7, 11) is 0. The van der Waals surface area contributed by atoms with Gasteiger partial charge in [0.1, 0.15) is 5.82 Å². The first-order valence-electron chi connectivity index (χ1n) is 7.88. The molecule has 122 valence electrons. The van der Waals surface area contributed by atoms with Gasteiger partial charge < -0.3 is 4.90 Å².